The largest absolute Gasteiger partial charge is 0.391 e. The number of anilines is 1. The molecule has 2 saturated heterocycles. The average Bonchev–Trinajstić information content (AvgIpc) is 3.40. The molecule has 1 aliphatic carbocycles. The summed E-state index contributed by atoms with van der Waals surface area (Å²) in [5.41, 5.74) is 1.27. The zero-order chi connectivity index (χ0) is 17.7. The van der Waals surface area contributed by atoms with Crippen LogP contribution in [0.2, 0.25) is 0 Å². The highest BCUT2D eigenvalue weighted by atomic mass is 35.5. The van der Waals surface area contributed by atoms with Gasteiger partial charge >= 0.3 is 0 Å². The van der Waals surface area contributed by atoms with Crippen molar-refractivity contribution in [3.8, 4) is 0 Å². The number of nitrogens with zero attached hydrogens (tertiary/aromatic N) is 4. The van der Waals surface area contributed by atoms with Crippen LogP contribution in [-0.2, 0) is 13.1 Å². The van der Waals surface area contributed by atoms with Crippen molar-refractivity contribution in [2.45, 2.75) is 55.9 Å². The number of aliphatic hydroxyl groups is 1. The summed E-state index contributed by atoms with van der Waals surface area (Å²) in [6.45, 7) is 0. The molecule has 26 heavy (non-hydrogen) atoms. The van der Waals surface area contributed by atoms with Gasteiger partial charge in [-0.2, -0.15) is 0 Å². The van der Waals surface area contributed by atoms with E-state index in [0.29, 0.717) is 22.9 Å². The monoisotopic (exact) mass is 399 g/mol. The molecule has 11 heteroatoms. The molecule has 4 heterocycles. The van der Waals surface area contributed by atoms with Crippen LogP contribution in [0.5, 0.6) is 0 Å². The van der Waals surface area contributed by atoms with E-state index in [0.717, 1.165) is 31.6 Å². The first-order valence-corrected chi connectivity index (χ1v) is 9.78. The van der Waals surface area contributed by atoms with Crippen molar-refractivity contribution >= 4 is 40.9 Å². The summed E-state index contributed by atoms with van der Waals surface area (Å²) in [5, 5.41) is 13.4. The second kappa shape index (κ2) is 6.77. The van der Waals surface area contributed by atoms with Gasteiger partial charge in [-0.25, -0.2) is 15.0 Å². The molecule has 2 aliphatic heterocycles. The smallest absolute Gasteiger partial charge is 0.167 e. The molecule has 6 atom stereocenters. The fourth-order valence-corrected chi connectivity index (χ4v) is 4.73. The van der Waals surface area contributed by atoms with Crippen molar-refractivity contribution in [1.82, 2.24) is 19.5 Å². The Morgan fingerprint density at radius 1 is 1.27 bits per heavy atom. The zero-order valence-electron chi connectivity index (χ0n) is 13.7. The molecule has 2 unspecified atom stereocenters. The fourth-order valence-electron chi connectivity index (χ4n) is 3.82. The van der Waals surface area contributed by atoms with Crippen LogP contribution in [0.15, 0.2) is 12.7 Å². The number of fused-ring (bicyclic) bond motifs is 2. The summed E-state index contributed by atoms with van der Waals surface area (Å²) in [5.74, 6) is 0.927. The molecule has 2 aromatic heterocycles. The Balaban J connectivity index is 1.47. The SMILES string of the molecule is OC1CCCC1Nc1ncnc2c1ncn2[C@@H]1O[C@H](CCl)[C@H]2OSO[C@H]21. The van der Waals surface area contributed by atoms with Crippen LogP contribution in [0.1, 0.15) is 25.5 Å². The van der Waals surface area contributed by atoms with E-state index in [9.17, 15) is 5.11 Å². The van der Waals surface area contributed by atoms with Crippen molar-refractivity contribution in [2.75, 3.05) is 11.2 Å². The molecule has 0 bridgehead atoms. The quantitative estimate of drug-likeness (QED) is 0.586. The molecular formula is C15H18ClN5O4S. The van der Waals surface area contributed by atoms with Crippen LogP contribution < -0.4 is 5.32 Å². The van der Waals surface area contributed by atoms with Crippen LogP contribution in [0.25, 0.3) is 11.2 Å². The summed E-state index contributed by atoms with van der Waals surface area (Å²) >= 11 is 6.97. The Bertz CT molecular complexity index is 809. The molecule has 0 spiro atoms. The van der Waals surface area contributed by atoms with E-state index in [1.165, 1.54) is 6.33 Å². The standard InChI is InChI=1S/C15H18ClN5O4S/c16-4-9-11-12(25-26-24-11)15(23-9)21-6-19-10-13(17-5-18-14(10)21)20-7-2-1-3-8(7)22/h5-9,11-12,15,22H,1-4H2,(H,17,18,20)/t7?,8?,9-,11-,12-,15-/m1/s1. The van der Waals surface area contributed by atoms with Crippen molar-refractivity contribution in [3.05, 3.63) is 12.7 Å². The lowest BCUT2D eigenvalue weighted by molar-refractivity contribution is -0.0224. The van der Waals surface area contributed by atoms with Gasteiger partial charge in [0.2, 0.25) is 0 Å². The highest BCUT2D eigenvalue weighted by Crippen LogP contribution is 2.43. The van der Waals surface area contributed by atoms with Crippen LogP contribution in [0.4, 0.5) is 5.82 Å². The van der Waals surface area contributed by atoms with E-state index in [1.807, 2.05) is 4.57 Å². The first-order valence-electron chi connectivity index (χ1n) is 8.58. The number of halogens is 1. The number of alkyl halides is 1. The molecule has 1 saturated carbocycles. The molecule has 5 rings (SSSR count). The predicted octanol–water partition coefficient (Wildman–Crippen LogP) is 1.63. The number of nitrogens with one attached hydrogen (secondary N) is 1. The molecule has 0 aromatic carbocycles. The Morgan fingerprint density at radius 2 is 2.15 bits per heavy atom. The van der Waals surface area contributed by atoms with Crippen LogP contribution in [0, 0.1) is 0 Å². The molecular weight excluding hydrogens is 382 g/mol. The Morgan fingerprint density at radius 3 is 2.96 bits per heavy atom. The van der Waals surface area contributed by atoms with Gasteiger partial charge in [-0.3, -0.25) is 12.9 Å². The highest BCUT2D eigenvalue weighted by Gasteiger charge is 2.51. The third kappa shape index (κ3) is 2.67. The maximum Gasteiger partial charge on any atom is 0.167 e. The third-order valence-corrected chi connectivity index (χ3v) is 6.08. The van der Waals surface area contributed by atoms with Gasteiger partial charge in [-0.1, -0.05) is 0 Å². The number of aliphatic hydroxyl groups excluding tert-OH is 1. The van der Waals surface area contributed by atoms with Crippen molar-refractivity contribution in [2.24, 2.45) is 0 Å². The lowest BCUT2D eigenvalue weighted by Gasteiger charge is -2.18. The predicted molar refractivity (Wildman–Crippen MR) is 94.6 cm³/mol. The number of imidazole rings is 1. The Kier molecular flexibility index (Phi) is 4.42. The first-order chi connectivity index (χ1) is 12.8. The van der Waals surface area contributed by atoms with Crippen LogP contribution in [0.3, 0.4) is 0 Å². The molecule has 2 aromatic rings. The van der Waals surface area contributed by atoms with E-state index < -0.39 is 6.23 Å². The fraction of sp³-hybridized carbons (Fsp3) is 0.667. The van der Waals surface area contributed by atoms with Gasteiger partial charge in [-0.15, -0.1) is 11.6 Å². The highest BCUT2D eigenvalue weighted by molar-refractivity contribution is 7.90. The lowest BCUT2D eigenvalue weighted by Crippen LogP contribution is -2.29. The molecule has 3 aliphatic rings. The summed E-state index contributed by atoms with van der Waals surface area (Å²) < 4.78 is 19.0. The molecule has 140 valence electrons. The normalized spacial score (nSPS) is 36.7. The minimum absolute atomic E-state index is 0.0195. The summed E-state index contributed by atoms with van der Waals surface area (Å²) in [6.07, 6.45) is 4.28. The van der Waals surface area contributed by atoms with E-state index in [2.05, 4.69) is 20.3 Å². The second-order valence-corrected chi connectivity index (χ2v) is 7.53. The van der Waals surface area contributed by atoms with E-state index in [-0.39, 0.29) is 30.5 Å². The summed E-state index contributed by atoms with van der Waals surface area (Å²) in [7, 11) is 0. The summed E-state index contributed by atoms with van der Waals surface area (Å²) in [6, 6.07) is -0.0195. The third-order valence-electron chi connectivity index (χ3n) is 5.17. The average molecular weight is 400 g/mol. The number of rotatable bonds is 4. The number of hydrogen-bond acceptors (Lipinski definition) is 9. The molecule has 0 radical (unpaired) electrons. The van der Waals surface area contributed by atoms with Crippen LogP contribution in [-0.4, -0.2) is 61.0 Å². The molecule has 0 amide bonds. The number of ether oxygens (including phenoxy) is 1. The van der Waals surface area contributed by atoms with Gasteiger partial charge in [-0.05, 0) is 19.3 Å². The number of aromatic nitrogens is 4. The molecule has 9 nitrogen and oxygen atoms in total. The maximum absolute atomic E-state index is 10.1. The van der Waals surface area contributed by atoms with E-state index in [1.54, 1.807) is 6.33 Å². The number of hydrogen-bond donors (Lipinski definition) is 2. The summed E-state index contributed by atoms with van der Waals surface area (Å²) in [4.78, 5) is 13.2. The molecule has 3 fully saturated rings. The van der Waals surface area contributed by atoms with Gasteiger partial charge in [0.05, 0.1) is 24.4 Å². The minimum atomic E-state index is -0.427. The zero-order valence-corrected chi connectivity index (χ0v) is 15.3. The van der Waals surface area contributed by atoms with Gasteiger partial charge in [0.15, 0.2) is 35.5 Å². The van der Waals surface area contributed by atoms with Crippen molar-refractivity contribution in [1.29, 1.82) is 0 Å². The van der Waals surface area contributed by atoms with Gasteiger partial charge in [0.1, 0.15) is 24.6 Å². The van der Waals surface area contributed by atoms with E-state index in [4.69, 9.17) is 24.7 Å². The Hall–Kier alpha value is -1.17. The van der Waals surface area contributed by atoms with Gasteiger partial charge in [0.25, 0.3) is 0 Å². The topological polar surface area (TPSA) is 104 Å². The Labute approximate surface area is 158 Å². The van der Waals surface area contributed by atoms with Crippen molar-refractivity contribution in [3.63, 3.8) is 0 Å². The van der Waals surface area contributed by atoms with Gasteiger partial charge in [0, 0.05) is 0 Å². The van der Waals surface area contributed by atoms with E-state index >= 15 is 0 Å². The first kappa shape index (κ1) is 17.0. The minimum Gasteiger partial charge on any atom is -0.391 e. The van der Waals surface area contributed by atoms with Crippen molar-refractivity contribution < 1.29 is 18.2 Å². The lowest BCUT2D eigenvalue weighted by atomic mass is 10.1. The maximum atomic E-state index is 10.1. The molecule has 2 N–H and O–H groups in total. The van der Waals surface area contributed by atoms with Crippen LogP contribution >= 0.6 is 23.9 Å². The second-order valence-electron chi connectivity index (χ2n) is 6.70. The van der Waals surface area contributed by atoms with Gasteiger partial charge < -0.3 is 15.2 Å².